The van der Waals surface area contributed by atoms with Gasteiger partial charge in [0.15, 0.2) is 0 Å². The van der Waals surface area contributed by atoms with Gasteiger partial charge in [-0.1, -0.05) is 295 Å². The molecule has 0 aromatic heterocycles. The van der Waals surface area contributed by atoms with E-state index in [2.05, 4.69) is 355 Å². The maximum absolute atomic E-state index is 2.54. The summed E-state index contributed by atoms with van der Waals surface area (Å²) in [5, 5.41) is 23.0. The van der Waals surface area contributed by atoms with E-state index in [1.807, 2.05) is 0 Å². The van der Waals surface area contributed by atoms with Gasteiger partial charge in [0.1, 0.15) is 0 Å². The minimum absolute atomic E-state index is 0.0739. The number of fused-ring (bicyclic) bond motifs is 15. The second-order valence-electron chi connectivity index (χ2n) is 27.8. The molecule has 450 valence electrons. The molecule has 0 amide bonds. The predicted molar refractivity (Wildman–Crippen MR) is 413 cm³/mol. The van der Waals surface area contributed by atoms with Crippen LogP contribution in [0.25, 0.3) is 175 Å². The normalized spacial score (nSPS) is 13.4. The molecule has 18 aromatic rings. The van der Waals surface area contributed by atoms with E-state index < -0.39 is 0 Å². The van der Waals surface area contributed by atoms with Crippen molar-refractivity contribution in [2.24, 2.45) is 0 Å². The Kier molecular flexibility index (Phi) is 12.5. The smallest absolute Gasteiger partial charge is 0.0159 e. The first-order chi connectivity index (χ1) is 47.1. The highest BCUT2D eigenvalue weighted by Gasteiger charge is 2.38. The molecular formula is C96H66. The Labute approximate surface area is 559 Å². The third-order valence-electron chi connectivity index (χ3n) is 21.8. The number of benzene rings is 18. The molecule has 0 saturated carbocycles. The molecule has 0 radical (unpaired) electrons. The molecule has 20 rings (SSSR count). The maximum Gasteiger partial charge on any atom is 0.0159 e. The SMILES string of the molecule is CC1(C)c2cc(-c3ccc4ccccc4c3)ccc2-c2cc3c(-c4ccc5ccccc5c4)c4ccccc4c(-c4ccc5ccccc5c4)c3cc21.CC1(C)c2ccccc2-c2cc3c(-c4ccc5ccccc5c4)c4ccccc4c(-c4ccc5ccccc5c4)c3cc21. The topological polar surface area (TPSA) is 0 Å². The molecule has 0 heteroatoms. The molecule has 96 heavy (non-hydrogen) atoms. The summed E-state index contributed by atoms with van der Waals surface area (Å²) in [6, 6.07) is 122. The van der Waals surface area contributed by atoms with Crippen molar-refractivity contribution in [3.8, 4) is 77.9 Å². The molecule has 18 aromatic carbocycles. The molecule has 0 unspecified atom stereocenters. The Bertz CT molecular complexity index is 6330. The molecule has 0 aliphatic heterocycles. The Morgan fingerprint density at radius 2 is 0.406 bits per heavy atom. The second-order valence-corrected chi connectivity index (χ2v) is 27.8. The van der Waals surface area contributed by atoms with Crippen molar-refractivity contribution in [3.63, 3.8) is 0 Å². The Hall–Kier alpha value is -11.7. The second kappa shape index (κ2) is 21.4. The molecule has 0 bridgehead atoms. The highest BCUT2D eigenvalue weighted by Crippen LogP contribution is 2.56. The zero-order valence-electron chi connectivity index (χ0n) is 54.2. The lowest BCUT2D eigenvalue weighted by Crippen LogP contribution is -2.15. The van der Waals surface area contributed by atoms with E-state index in [1.165, 1.54) is 197 Å². The monoisotopic (exact) mass is 1220 g/mol. The van der Waals surface area contributed by atoms with E-state index in [9.17, 15) is 0 Å². The van der Waals surface area contributed by atoms with Crippen LogP contribution in [0.5, 0.6) is 0 Å². The van der Waals surface area contributed by atoms with Crippen LogP contribution in [0.15, 0.2) is 328 Å². The molecule has 0 spiro atoms. The molecule has 0 fully saturated rings. The first-order valence-corrected chi connectivity index (χ1v) is 33.9. The van der Waals surface area contributed by atoms with Gasteiger partial charge >= 0.3 is 0 Å². The van der Waals surface area contributed by atoms with Crippen LogP contribution in [-0.2, 0) is 10.8 Å². The van der Waals surface area contributed by atoms with Gasteiger partial charge in [-0.2, -0.15) is 0 Å². The minimum atomic E-state index is -0.179. The summed E-state index contributed by atoms with van der Waals surface area (Å²) in [4.78, 5) is 0. The summed E-state index contributed by atoms with van der Waals surface area (Å²) in [6.07, 6.45) is 0. The Morgan fingerprint density at radius 3 is 0.781 bits per heavy atom. The third-order valence-corrected chi connectivity index (χ3v) is 21.8. The van der Waals surface area contributed by atoms with E-state index in [4.69, 9.17) is 0 Å². The molecule has 0 N–H and O–H groups in total. The summed E-state index contributed by atoms with van der Waals surface area (Å²) in [7, 11) is 0. The number of hydrogen-bond acceptors (Lipinski definition) is 0. The van der Waals surface area contributed by atoms with Gasteiger partial charge in [0.2, 0.25) is 0 Å². The average Bonchev–Trinajstić information content (AvgIpc) is 1.45. The van der Waals surface area contributed by atoms with Crippen molar-refractivity contribution in [3.05, 3.63) is 350 Å². The van der Waals surface area contributed by atoms with E-state index in [0.29, 0.717) is 0 Å². The van der Waals surface area contributed by atoms with Crippen LogP contribution in [0, 0.1) is 0 Å². The summed E-state index contributed by atoms with van der Waals surface area (Å²) < 4.78 is 0. The molecule has 0 saturated heterocycles. The zero-order chi connectivity index (χ0) is 64.0. The van der Waals surface area contributed by atoms with Gasteiger partial charge in [-0.05, 0) is 258 Å². The molecule has 2 aliphatic carbocycles. The average molecular weight is 1220 g/mol. The quantitative estimate of drug-likeness (QED) is 0.151. The molecular weight excluding hydrogens is 1150 g/mol. The van der Waals surface area contributed by atoms with Crippen molar-refractivity contribution in [1.29, 1.82) is 0 Å². The Morgan fingerprint density at radius 1 is 0.156 bits per heavy atom. The van der Waals surface area contributed by atoms with Crippen molar-refractivity contribution >= 4 is 97.0 Å². The highest BCUT2D eigenvalue weighted by molar-refractivity contribution is 6.25. The van der Waals surface area contributed by atoms with Gasteiger partial charge in [0, 0.05) is 10.8 Å². The van der Waals surface area contributed by atoms with Crippen LogP contribution in [0.1, 0.15) is 49.9 Å². The van der Waals surface area contributed by atoms with Gasteiger partial charge in [-0.25, -0.2) is 0 Å². The highest BCUT2D eigenvalue weighted by atomic mass is 14.4. The molecule has 0 heterocycles. The third kappa shape index (κ3) is 8.68. The first-order valence-electron chi connectivity index (χ1n) is 33.9. The van der Waals surface area contributed by atoms with Crippen molar-refractivity contribution in [1.82, 2.24) is 0 Å². The number of rotatable bonds is 5. The largest absolute Gasteiger partial charge is 0.0619 e. The van der Waals surface area contributed by atoms with E-state index >= 15 is 0 Å². The van der Waals surface area contributed by atoms with Crippen LogP contribution in [0.2, 0.25) is 0 Å². The fourth-order valence-corrected chi connectivity index (χ4v) is 16.9. The van der Waals surface area contributed by atoms with Gasteiger partial charge in [-0.15, -0.1) is 0 Å². The fraction of sp³-hybridized carbons (Fsp3) is 0.0625. The predicted octanol–water partition coefficient (Wildman–Crippen LogP) is 26.7. The zero-order valence-corrected chi connectivity index (χ0v) is 54.2. The minimum Gasteiger partial charge on any atom is -0.0619 e. The van der Waals surface area contributed by atoms with Gasteiger partial charge < -0.3 is 0 Å². The van der Waals surface area contributed by atoms with Gasteiger partial charge in [0.25, 0.3) is 0 Å². The number of hydrogen-bond donors (Lipinski definition) is 0. The van der Waals surface area contributed by atoms with Crippen LogP contribution >= 0.6 is 0 Å². The fourth-order valence-electron chi connectivity index (χ4n) is 16.9. The summed E-state index contributed by atoms with van der Waals surface area (Å²) in [6.45, 7) is 9.58. The van der Waals surface area contributed by atoms with Crippen LogP contribution in [0.4, 0.5) is 0 Å². The molecule has 0 atom stereocenters. The Balaban J connectivity index is 0.000000138. The first kappa shape index (κ1) is 55.9. The van der Waals surface area contributed by atoms with E-state index in [1.54, 1.807) is 0 Å². The molecule has 0 nitrogen and oxygen atoms in total. The summed E-state index contributed by atoms with van der Waals surface area (Å²) in [5.74, 6) is 0. The van der Waals surface area contributed by atoms with Crippen molar-refractivity contribution < 1.29 is 0 Å². The van der Waals surface area contributed by atoms with E-state index in [0.717, 1.165) is 0 Å². The van der Waals surface area contributed by atoms with Crippen LogP contribution in [-0.4, -0.2) is 0 Å². The van der Waals surface area contributed by atoms with Crippen LogP contribution < -0.4 is 0 Å². The van der Waals surface area contributed by atoms with E-state index in [-0.39, 0.29) is 10.8 Å². The lowest BCUT2D eigenvalue weighted by Gasteiger charge is -2.24. The standard InChI is InChI=1S/C53H36.C43H30/c1-53(2)49-30-40(39-22-19-33-11-3-6-14-36(33)27-39)25-26-43(49)46-31-47-48(32-50(46)53)52(42-24-21-35-13-5-8-16-38(35)29-42)45-18-10-9-17-44(45)51(47)41-23-20-34-12-4-7-15-37(34)28-41;1-43(2)39-18-10-9-15-33(39)36-25-37-38(26-40(36)43)42(32-22-20-28-12-4-6-14-30(28)24-32)35-17-8-7-16-34(35)41(37)31-21-19-27-11-3-5-13-29(27)23-31/h3-32H,1-2H3;3-26H,1-2H3. The van der Waals surface area contributed by atoms with Crippen LogP contribution in [0.3, 0.4) is 0 Å². The summed E-state index contributed by atoms with van der Waals surface area (Å²) in [5.41, 5.74) is 23.5. The van der Waals surface area contributed by atoms with Crippen molar-refractivity contribution in [2.75, 3.05) is 0 Å². The van der Waals surface area contributed by atoms with Crippen molar-refractivity contribution in [2.45, 2.75) is 38.5 Å². The molecule has 2 aliphatic rings. The van der Waals surface area contributed by atoms with Gasteiger partial charge in [-0.3, -0.25) is 0 Å². The summed E-state index contributed by atoms with van der Waals surface area (Å²) >= 11 is 0. The lowest BCUT2D eigenvalue weighted by atomic mass is 9.79. The van der Waals surface area contributed by atoms with Gasteiger partial charge in [0.05, 0.1) is 0 Å². The maximum atomic E-state index is 2.54. The lowest BCUT2D eigenvalue weighted by molar-refractivity contribution is 0.661.